The maximum absolute atomic E-state index is 11.3. The summed E-state index contributed by atoms with van der Waals surface area (Å²) >= 11 is 0. The van der Waals surface area contributed by atoms with Crippen LogP contribution in [0.4, 0.5) is 0 Å². The largest absolute Gasteiger partial charge is 0.294 e. The van der Waals surface area contributed by atoms with Crippen molar-refractivity contribution in [1.29, 1.82) is 0 Å². The Kier molecular flexibility index (Phi) is 1.99. The fraction of sp³-hybridized carbons (Fsp3) is 0.500. The lowest BCUT2D eigenvalue weighted by molar-refractivity contribution is -0.121. The van der Waals surface area contributed by atoms with E-state index in [9.17, 15) is 4.79 Å². The molecule has 0 saturated carbocycles. The Balaban J connectivity index is 2.69. The Morgan fingerprint density at radius 1 is 1.82 bits per heavy atom. The molecule has 0 unspecified atom stereocenters. The van der Waals surface area contributed by atoms with E-state index in [0.29, 0.717) is 0 Å². The van der Waals surface area contributed by atoms with Crippen LogP contribution in [0.15, 0.2) is 24.3 Å². The van der Waals surface area contributed by atoms with Crippen LogP contribution in [-0.4, -0.2) is 5.78 Å². The molecule has 0 spiro atoms. The first-order chi connectivity index (χ1) is 5.04. The van der Waals surface area contributed by atoms with Crippen molar-refractivity contribution in [2.45, 2.75) is 26.7 Å². The minimum absolute atomic E-state index is 0.175. The second kappa shape index (κ2) is 2.65. The lowest BCUT2D eigenvalue weighted by Crippen LogP contribution is -2.21. The molecule has 0 bridgehead atoms. The molecule has 11 heavy (non-hydrogen) atoms. The summed E-state index contributed by atoms with van der Waals surface area (Å²) in [6.07, 6.45) is 5.33. The number of allylic oxidation sites excluding steroid dienone is 3. The second-order valence-electron chi connectivity index (χ2n) is 3.67. The Labute approximate surface area is 67.8 Å². The fourth-order valence-electron chi connectivity index (χ4n) is 1.55. The lowest BCUT2D eigenvalue weighted by atomic mass is 9.81. The van der Waals surface area contributed by atoms with Crippen LogP contribution in [0.2, 0.25) is 0 Å². The van der Waals surface area contributed by atoms with Crippen molar-refractivity contribution in [1.82, 2.24) is 0 Å². The van der Waals surface area contributed by atoms with Gasteiger partial charge in [-0.05, 0) is 25.8 Å². The first kappa shape index (κ1) is 8.25. The Bertz CT molecular complexity index is 225. The van der Waals surface area contributed by atoms with Crippen LogP contribution < -0.4 is 0 Å². The molecular formula is C10H14O. The quantitative estimate of drug-likeness (QED) is 0.553. The van der Waals surface area contributed by atoms with E-state index in [2.05, 4.69) is 6.58 Å². The van der Waals surface area contributed by atoms with E-state index < -0.39 is 0 Å². The number of rotatable bonds is 2. The van der Waals surface area contributed by atoms with Crippen molar-refractivity contribution in [2.24, 2.45) is 5.41 Å². The highest BCUT2D eigenvalue weighted by molar-refractivity contribution is 5.97. The summed E-state index contributed by atoms with van der Waals surface area (Å²) in [4.78, 5) is 11.3. The van der Waals surface area contributed by atoms with Gasteiger partial charge in [-0.25, -0.2) is 0 Å². The lowest BCUT2D eigenvalue weighted by Gasteiger charge is -2.21. The molecule has 0 aromatic carbocycles. The molecule has 0 heterocycles. The van der Waals surface area contributed by atoms with Crippen LogP contribution in [0.3, 0.4) is 0 Å². The van der Waals surface area contributed by atoms with E-state index in [-0.39, 0.29) is 11.2 Å². The Morgan fingerprint density at radius 3 is 2.82 bits per heavy atom. The fourth-order valence-corrected chi connectivity index (χ4v) is 1.55. The average molecular weight is 150 g/mol. The third kappa shape index (κ3) is 1.59. The van der Waals surface area contributed by atoms with E-state index in [1.165, 1.54) is 0 Å². The highest BCUT2D eigenvalue weighted by atomic mass is 16.1. The first-order valence-corrected chi connectivity index (χ1v) is 3.90. The molecule has 1 aliphatic carbocycles. The Morgan fingerprint density at radius 2 is 2.45 bits per heavy atom. The number of carbonyl (C=O) groups is 1. The van der Waals surface area contributed by atoms with E-state index in [0.717, 1.165) is 18.4 Å². The molecule has 1 heteroatoms. The summed E-state index contributed by atoms with van der Waals surface area (Å²) in [5.41, 5.74) is 0.913. The minimum atomic E-state index is -0.175. The van der Waals surface area contributed by atoms with Crippen LogP contribution >= 0.6 is 0 Å². The monoisotopic (exact) mass is 150 g/mol. The smallest absolute Gasteiger partial charge is 0.161 e. The molecule has 1 atom stereocenters. The van der Waals surface area contributed by atoms with Crippen molar-refractivity contribution >= 4 is 5.78 Å². The predicted molar refractivity (Wildman–Crippen MR) is 46.3 cm³/mol. The second-order valence-corrected chi connectivity index (χ2v) is 3.67. The number of carbonyl (C=O) groups excluding carboxylic acids is 1. The van der Waals surface area contributed by atoms with E-state index in [4.69, 9.17) is 0 Å². The summed E-state index contributed by atoms with van der Waals surface area (Å²) in [5, 5.41) is 0. The molecule has 0 fully saturated rings. The highest BCUT2D eigenvalue weighted by Gasteiger charge is 2.33. The van der Waals surface area contributed by atoms with Crippen molar-refractivity contribution in [3.05, 3.63) is 24.3 Å². The van der Waals surface area contributed by atoms with Crippen LogP contribution in [0.1, 0.15) is 26.7 Å². The number of hydrogen-bond donors (Lipinski definition) is 0. The molecule has 1 nitrogen and oxygen atoms in total. The maximum Gasteiger partial charge on any atom is 0.161 e. The zero-order chi connectivity index (χ0) is 8.48. The number of hydrogen-bond acceptors (Lipinski definition) is 1. The first-order valence-electron chi connectivity index (χ1n) is 3.90. The van der Waals surface area contributed by atoms with Gasteiger partial charge in [0.05, 0.1) is 0 Å². The molecule has 0 radical (unpaired) electrons. The van der Waals surface area contributed by atoms with Gasteiger partial charge in [-0.2, -0.15) is 0 Å². The molecule has 0 aromatic heterocycles. The number of ketones is 1. The van der Waals surface area contributed by atoms with E-state index in [1.807, 2.05) is 19.9 Å². The molecule has 0 aromatic rings. The molecule has 1 rings (SSSR count). The third-order valence-corrected chi connectivity index (χ3v) is 2.12. The molecule has 0 saturated heterocycles. The van der Waals surface area contributed by atoms with Gasteiger partial charge in [-0.3, -0.25) is 4.79 Å². The molecule has 1 aliphatic rings. The van der Waals surface area contributed by atoms with E-state index >= 15 is 0 Å². The van der Waals surface area contributed by atoms with Gasteiger partial charge >= 0.3 is 0 Å². The molecule has 60 valence electrons. The standard InChI is InChI=1S/C10H14O/c1-8(2)7-10(3)6-4-5-9(10)11/h4-5H,1,6-7H2,2-3H3/t10-/m0/s1. The van der Waals surface area contributed by atoms with Gasteiger partial charge in [0.25, 0.3) is 0 Å². The third-order valence-electron chi connectivity index (χ3n) is 2.12. The van der Waals surface area contributed by atoms with Crippen LogP contribution in [0.5, 0.6) is 0 Å². The predicted octanol–water partition coefficient (Wildman–Crippen LogP) is 2.49. The normalized spacial score (nSPS) is 29.5. The SMILES string of the molecule is C=C(C)C[C@]1(C)CC=CC1=O. The molecule has 0 amide bonds. The van der Waals surface area contributed by atoms with Gasteiger partial charge in [0.2, 0.25) is 0 Å². The van der Waals surface area contributed by atoms with Gasteiger partial charge in [0.15, 0.2) is 5.78 Å². The topological polar surface area (TPSA) is 17.1 Å². The molecular weight excluding hydrogens is 136 g/mol. The van der Waals surface area contributed by atoms with Crippen molar-refractivity contribution < 1.29 is 4.79 Å². The zero-order valence-electron chi connectivity index (χ0n) is 7.18. The van der Waals surface area contributed by atoms with Gasteiger partial charge in [0.1, 0.15) is 0 Å². The van der Waals surface area contributed by atoms with Gasteiger partial charge in [-0.15, -0.1) is 6.58 Å². The van der Waals surface area contributed by atoms with Crippen molar-refractivity contribution in [3.8, 4) is 0 Å². The highest BCUT2D eigenvalue weighted by Crippen LogP contribution is 2.35. The van der Waals surface area contributed by atoms with Crippen molar-refractivity contribution in [2.75, 3.05) is 0 Å². The van der Waals surface area contributed by atoms with Crippen LogP contribution in [0, 0.1) is 5.41 Å². The summed E-state index contributed by atoms with van der Waals surface area (Å²) in [5.74, 6) is 0.250. The van der Waals surface area contributed by atoms with Gasteiger partial charge in [-0.1, -0.05) is 18.6 Å². The van der Waals surface area contributed by atoms with E-state index in [1.54, 1.807) is 6.08 Å². The average Bonchev–Trinajstić information content (AvgIpc) is 2.11. The summed E-state index contributed by atoms with van der Waals surface area (Å²) < 4.78 is 0. The zero-order valence-corrected chi connectivity index (χ0v) is 7.18. The van der Waals surface area contributed by atoms with Gasteiger partial charge < -0.3 is 0 Å². The summed E-state index contributed by atoms with van der Waals surface area (Å²) in [6, 6.07) is 0. The Hall–Kier alpha value is -0.850. The summed E-state index contributed by atoms with van der Waals surface area (Å²) in [6.45, 7) is 7.79. The summed E-state index contributed by atoms with van der Waals surface area (Å²) in [7, 11) is 0. The van der Waals surface area contributed by atoms with Crippen molar-refractivity contribution in [3.63, 3.8) is 0 Å². The maximum atomic E-state index is 11.3. The minimum Gasteiger partial charge on any atom is -0.294 e. The van der Waals surface area contributed by atoms with Crippen LogP contribution in [0.25, 0.3) is 0 Å². The molecule has 0 N–H and O–H groups in total. The molecule has 0 aliphatic heterocycles. The van der Waals surface area contributed by atoms with Gasteiger partial charge in [0, 0.05) is 5.41 Å². The van der Waals surface area contributed by atoms with Crippen LogP contribution in [-0.2, 0) is 4.79 Å².